The number of nitrogens with zero attached hydrogens (tertiary/aromatic N) is 3. The van der Waals surface area contributed by atoms with Gasteiger partial charge in [-0.25, -0.2) is 0 Å². The number of amides is 1. The fourth-order valence-corrected chi connectivity index (χ4v) is 2.17. The molecule has 1 aromatic heterocycles. The molecule has 1 saturated carbocycles. The van der Waals surface area contributed by atoms with Gasteiger partial charge in [-0.2, -0.15) is 5.10 Å². The third-order valence-corrected chi connectivity index (χ3v) is 3.52. The van der Waals surface area contributed by atoms with Crippen molar-refractivity contribution >= 4 is 11.6 Å². The van der Waals surface area contributed by atoms with Gasteiger partial charge in [-0.3, -0.25) is 9.48 Å². The molecule has 1 heterocycles. The van der Waals surface area contributed by atoms with Crippen LogP contribution in [0.15, 0.2) is 0 Å². The Balaban J connectivity index is 2.25. The number of carbonyl (C=O) groups excluding carboxylic acids is 1. The third kappa shape index (κ3) is 2.35. The van der Waals surface area contributed by atoms with Gasteiger partial charge in [-0.1, -0.05) is 0 Å². The number of aromatic nitrogens is 2. The van der Waals surface area contributed by atoms with Gasteiger partial charge in [0, 0.05) is 19.6 Å². The molecule has 0 unspecified atom stereocenters. The highest BCUT2D eigenvalue weighted by atomic mass is 16.2. The van der Waals surface area contributed by atoms with Gasteiger partial charge in [0.05, 0.1) is 11.4 Å². The van der Waals surface area contributed by atoms with Crippen molar-refractivity contribution in [2.75, 3.05) is 18.8 Å². The van der Waals surface area contributed by atoms with Crippen LogP contribution in [0, 0.1) is 12.8 Å². The van der Waals surface area contributed by atoms with Gasteiger partial charge in [-0.15, -0.1) is 0 Å². The molecule has 5 heteroatoms. The maximum absolute atomic E-state index is 12.5. The zero-order valence-electron chi connectivity index (χ0n) is 11.4. The van der Waals surface area contributed by atoms with E-state index in [-0.39, 0.29) is 5.91 Å². The lowest BCUT2D eigenvalue weighted by atomic mass is 10.2. The van der Waals surface area contributed by atoms with Gasteiger partial charge in [0.2, 0.25) is 0 Å². The molecule has 1 fully saturated rings. The quantitative estimate of drug-likeness (QED) is 0.864. The van der Waals surface area contributed by atoms with Crippen molar-refractivity contribution in [1.29, 1.82) is 0 Å². The van der Waals surface area contributed by atoms with Crippen LogP contribution in [-0.4, -0.2) is 33.7 Å². The molecule has 1 aromatic rings. The molecule has 18 heavy (non-hydrogen) atoms. The van der Waals surface area contributed by atoms with Crippen molar-refractivity contribution in [3.8, 4) is 0 Å². The highest BCUT2D eigenvalue weighted by molar-refractivity contribution is 5.98. The van der Waals surface area contributed by atoms with Crippen molar-refractivity contribution < 1.29 is 4.79 Å². The molecule has 1 aliphatic carbocycles. The summed E-state index contributed by atoms with van der Waals surface area (Å²) in [4.78, 5) is 14.4. The summed E-state index contributed by atoms with van der Waals surface area (Å²) < 4.78 is 1.71. The Hall–Kier alpha value is -1.52. The first-order valence-electron chi connectivity index (χ1n) is 6.70. The molecule has 100 valence electrons. The fraction of sp³-hybridized carbons (Fsp3) is 0.692. The summed E-state index contributed by atoms with van der Waals surface area (Å²) >= 11 is 0. The van der Waals surface area contributed by atoms with Gasteiger partial charge < -0.3 is 10.6 Å². The van der Waals surface area contributed by atoms with Gasteiger partial charge >= 0.3 is 0 Å². The smallest absolute Gasteiger partial charge is 0.274 e. The molecule has 0 saturated heterocycles. The monoisotopic (exact) mass is 250 g/mol. The topological polar surface area (TPSA) is 64.2 Å². The van der Waals surface area contributed by atoms with Crippen LogP contribution < -0.4 is 5.73 Å². The van der Waals surface area contributed by atoms with E-state index in [0.717, 1.165) is 18.8 Å². The standard InChI is InChI=1S/C13H22N4O/c1-4-16(8-10-6-7-10)13(18)12-11(14)9(3)15-17(12)5-2/h10H,4-8,14H2,1-3H3. The van der Waals surface area contributed by atoms with Crippen molar-refractivity contribution in [2.45, 2.75) is 40.2 Å². The number of carbonyl (C=O) groups is 1. The normalized spacial score (nSPS) is 14.8. The Morgan fingerprint density at radius 3 is 2.67 bits per heavy atom. The molecule has 2 rings (SSSR count). The van der Waals surface area contributed by atoms with E-state index >= 15 is 0 Å². The number of anilines is 1. The minimum absolute atomic E-state index is 0.0179. The summed E-state index contributed by atoms with van der Waals surface area (Å²) in [5.41, 5.74) is 7.80. The highest BCUT2D eigenvalue weighted by Gasteiger charge is 2.29. The highest BCUT2D eigenvalue weighted by Crippen LogP contribution is 2.30. The zero-order valence-corrected chi connectivity index (χ0v) is 11.4. The summed E-state index contributed by atoms with van der Waals surface area (Å²) in [6.07, 6.45) is 2.48. The van der Waals surface area contributed by atoms with Crippen molar-refractivity contribution in [3.05, 3.63) is 11.4 Å². The van der Waals surface area contributed by atoms with Crippen LogP contribution in [0.1, 0.15) is 42.9 Å². The summed E-state index contributed by atoms with van der Waals surface area (Å²) in [6.45, 7) is 8.07. The number of rotatable bonds is 5. The van der Waals surface area contributed by atoms with Crippen LogP contribution in [0.2, 0.25) is 0 Å². The van der Waals surface area contributed by atoms with Crippen molar-refractivity contribution in [1.82, 2.24) is 14.7 Å². The second kappa shape index (κ2) is 5.00. The number of hydrogen-bond donors (Lipinski definition) is 1. The van der Waals surface area contributed by atoms with Crippen LogP contribution in [0.3, 0.4) is 0 Å². The number of nitrogens with two attached hydrogens (primary N) is 1. The lowest BCUT2D eigenvalue weighted by Gasteiger charge is -2.21. The fourth-order valence-electron chi connectivity index (χ4n) is 2.17. The number of nitrogen functional groups attached to an aromatic ring is 1. The van der Waals surface area contributed by atoms with E-state index in [0.29, 0.717) is 23.8 Å². The molecule has 0 atom stereocenters. The number of aryl methyl sites for hydroxylation is 2. The maximum atomic E-state index is 12.5. The maximum Gasteiger partial charge on any atom is 0.274 e. The van der Waals surface area contributed by atoms with Crippen molar-refractivity contribution in [2.24, 2.45) is 5.92 Å². The predicted molar refractivity (Wildman–Crippen MR) is 71.4 cm³/mol. The molecular formula is C13H22N4O. The lowest BCUT2D eigenvalue weighted by Crippen LogP contribution is -2.34. The molecule has 1 amide bonds. The first-order valence-corrected chi connectivity index (χ1v) is 6.70. The Bertz CT molecular complexity index is 448. The summed E-state index contributed by atoms with van der Waals surface area (Å²) in [5.74, 6) is 0.707. The number of hydrogen-bond acceptors (Lipinski definition) is 3. The van der Waals surface area contributed by atoms with Crippen LogP contribution in [0.5, 0.6) is 0 Å². The molecular weight excluding hydrogens is 228 g/mol. The van der Waals surface area contributed by atoms with E-state index in [1.807, 2.05) is 25.7 Å². The predicted octanol–water partition coefficient (Wildman–Crippen LogP) is 1.67. The molecule has 0 aliphatic heterocycles. The molecule has 0 bridgehead atoms. The van der Waals surface area contributed by atoms with Crippen LogP contribution in [0.4, 0.5) is 5.69 Å². The molecule has 1 aliphatic rings. The van der Waals surface area contributed by atoms with Crippen LogP contribution in [-0.2, 0) is 6.54 Å². The summed E-state index contributed by atoms with van der Waals surface area (Å²) in [6, 6.07) is 0. The second-order valence-corrected chi connectivity index (χ2v) is 4.95. The van der Waals surface area contributed by atoms with E-state index in [2.05, 4.69) is 5.10 Å². The largest absolute Gasteiger partial charge is 0.395 e. The lowest BCUT2D eigenvalue weighted by molar-refractivity contribution is 0.0745. The van der Waals surface area contributed by atoms with E-state index in [1.54, 1.807) is 4.68 Å². The van der Waals surface area contributed by atoms with E-state index in [9.17, 15) is 4.79 Å². The van der Waals surface area contributed by atoms with Gasteiger partial charge in [0.1, 0.15) is 5.69 Å². The Morgan fingerprint density at radius 2 is 2.17 bits per heavy atom. The molecule has 2 N–H and O–H groups in total. The molecule has 5 nitrogen and oxygen atoms in total. The van der Waals surface area contributed by atoms with Crippen molar-refractivity contribution in [3.63, 3.8) is 0 Å². The Kier molecular flexibility index (Phi) is 3.59. The minimum atomic E-state index is 0.0179. The van der Waals surface area contributed by atoms with E-state index < -0.39 is 0 Å². The van der Waals surface area contributed by atoms with E-state index in [1.165, 1.54) is 12.8 Å². The Morgan fingerprint density at radius 1 is 1.50 bits per heavy atom. The first-order chi connectivity index (χ1) is 8.58. The van der Waals surface area contributed by atoms with Crippen LogP contribution in [0.25, 0.3) is 0 Å². The van der Waals surface area contributed by atoms with Gasteiger partial charge in [-0.05, 0) is 39.5 Å². The average molecular weight is 250 g/mol. The third-order valence-electron chi connectivity index (χ3n) is 3.52. The van der Waals surface area contributed by atoms with E-state index in [4.69, 9.17) is 5.73 Å². The van der Waals surface area contributed by atoms with Crippen LogP contribution >= 0.6 is 0 Å². The summed E-state index contributed by atoms with van der Waals surface area (Å²) in [5, 5.41) is 4.31. The average Bonchev–Trinajstić information content (AvgIpc) is 3.13. The first kappa shape index (κ1) is 12.9. The van der Waals surface area contributed by atoms with Gasteiger partial charge in [0.25, 0.3) is 5.91 Å². The molecule has 0 spiro atoms. The minimum Gasteiger partial charge on any atom is -0.395 e. The van der Waals surface area contributed by atoms with Gasteiger partial charge in [0.15, 0.2) is 0 Å². The SMILES string of the molecule is CCN(CC1CC1)C(=O)c1c(N)c(C)nn1CC. The molecule has 0 aromatic carbocycles. The molecule has 0 radical (unpaired) electrons. The summed E-state index contributed by atoms with van der Waals surface area (Å²) in [7, 11) is 0. The zero-order chi connectivity index (χ0) is 13.3. The Labute approximate surface area is 108 Å². The second-order valence-electron chi connectivity index (χ2n) is 4.95.